The Morgan fingerprint density at radius 1 is 1.41 bits per heavy atom. The third kappa shape index (κ3) is 1.83. The second kappa shape index (κ2) is 4.83. The highest BCUT2D eigenvalue weighted by Crippen LogP contribution is 2.30. The van der Waals surface area contributed by atoms with Crippen LogP contribution in [0.3, 0.4) is 0 Å². The molecule has 0 spiro atoms. The van der Waals surface area contributed by atoms with Crippen molar-refractivity contribution in [1.82, 2.24) is 23.9 Å². The fraction of sp³-hybridized carbons (Fsp3) is 0.385. The van der Waals surface area contributed by atoms with Gasteiger partial charge in [-0.3, -0.25) is 9.36 Å². The van der Waals surface area contributed by atoms with Gasteiger partial charge in [0.2, 0.25) is 5.78 Å². The van der Waals surface area contributed by atoms with E-state index >= 15 is 0 Å². The quantitative estimate of drug-likeness (QED) is 0.629. The number of aliphatic hydroxyl groups excluding tert-OH is 2. The van der Waals surface area contributed by atoms with E-state index in [0.29, 0.717) is 12.1 Å². The molecule has 2 N–H and O–H groups in total. The van der Waals surface area contributed by atoms with Gasteiger partial charge in [-0.15, -0.1) is 0 Å². The Labute approximate surface area is 123 Å². The van der Waals surface area contributed by atoms with Gasteiger partial charge in [0.25, 0.3) is 5.56 Å². The molecule has 9 heteroatoms. The van der Waals surface area contributed by atoms with Crippen molar-refractivity contribution >= 4 is 16.9 Å². The Balaban J connectivity index is 1.88. The van der Waals surface area contributed by atoms with Gasteiger partial charge in [0.05, 0.1) is 19.0 Å². The Morgan fingerprint density at radius 2 is 2.27 bits per heavy atom. The van der Waals surface area contributed by atoms with E-state index < -0.39 is 18.4 Å². The summed E-state index contributed by atoms with van der Waals surface area (Å²) in [5.41, 5.74) is 0.236. The van der Waals surface area contributed by atoms with E-state index in [9.17, 15) is 9.90 Å². The van der Waals surface area contributed by atoms with Crippen LogP contribution in [0.4, 0.5) is 0 Å². The Hall–Kier alpha value is -2.36. The van der Waals surface area contributed by atoms with Crippen LogP contribution < -0.4 is 5.56 Å². The van der Waals surface area contributed by atoms with E-state index in [4.69, 9.17) is 9.84 Å². The standard InChI is InChI=1S/C13H13N5O4/c19-5-8-7(20)4-9(22-8)18-6-15-10-11(18)16-13-14-2-1-3-17(13)12(10)21/h1-3,6-9,19-20H,4-5H2/t7-,8-,9-/m1/s1. The largest absolute Gasteiger partial charge is 0.394 e. The van der Waals surface area contributed by atoms with Crippen molar-refractivity contribution in [2.45, 2.75) is 24.9 Å². The van der Waals surface area contributed by atoms with Gasteiger partial charge < -0.3 is 14.9 Å². The van der Waals surface area contributed by atoms with Crippen LogP contribution in [0.25, 0.3) is 16.9 Å². The summed E-state index contributed by atoms with van der Waals surface area (Å²) in [5.74, 6) is 0.263. The first-order valence-electron chi connectivity index (χ1n) is 6.83. The molecule has 22 heavy (non-hydrogen) atoms. The van der Waals surface area contributed by atoms with Crippen LogP contribution in [-0.4, -0.2) is 52.9 Å². The molecule has 9 nitrogen and oxygen atoms in total. The van der Waals surface area contributed by atoms with Gasteiger partial charge in [-0.25, -0.2) is 14.4 Å². The highest BCUT2D eigenvalue weighted by molar-refractivity contribution is 5.71. The molecule has 4 rings (SSSR count). The average Bonchev–Trinajstić information content (AvgIpc) is 3.11. The molecular weight excluding hydrogens is 290 g/mol. The number of nitrogens with zero attached hydrogens (tertiary/aromatic N) is 5. The van der Waals surface area contributed by atoms with Gasteiger partial charge >= 0.3 is 0 Å². The Bertz CT molecular complexity index is 904. The first-order valence-corrected chi connectivity index (χ1v) is 6.83. The normalized spacial score (nSPS) is 25.3. The van der Waals surface area contributed by atoms with Crippen molar-refractivity contribution in [3.05, 3.63) is 35.1 Å². The van der Waals surface area contributed by atoms with Crippen LogP contribution in [0.5, 0.6) is 0 Å². The lowest BCUT2D eigenvalue weighted by molar-refractivity contribution is -0.0432. The van der Waals surface area contributed by atoms with Crippen molar-refractivity contribution in [1.29, 1.82) is 0 Å². The molecule has 0 aromatic carbocycles. The third-order valence-electron chi connectivity index (χ3n) is 3.82. The maximum absolute atomic E-state index is 12.4. The lowest BCUT2D eigenvalue weighted by Crippen LogP contribution is -2.24. The summed E-state index contributed by atoms with van der Waals surface area (Å²) in [5, 5.41) is 19.0. The zero-order valence-corrected chi connectivity index (χ0v) is 11.4. The van der Waals surface area contributed by atoms with E-state index in [-0.39, 0.29) is 23.5 Å². The van der Waals surface area contributed by atoms with E-state index in [0.717, 1.165) is 0 Å². The summed E-state index contributed by atoms with van der Waals surface area (Å²) < 4.78 is 8.49. The maximum Gasteiger partial charge on any atom is 0.287 e. The van der Waals surface area contributed by atoms with Crippen molar-refractivity contribution in [3.63, 3.8) is 0 Å². The molecular formula is C13H13N5O4. The molecule has 0 radical (unpaired) electrons. The highest BCUT2D eigenvalue weighted by atomic mass is 16.5. The number of hydrogen-bond donors (Lipinski definition) is 2. The molecule has 1 aliphatic rings. The minimum Gasteiger partial charge on any atom is -0.394 e. The number of aromatic nitrogens is 5. The van der Waals surface area contributed by atoms with Gasteiger partial charge in [-0.1, -0.05) is 0 Å². The van der Waals surface area contributed by atoms with Crippen molar-refractivity contribution in [3.8, 4) is 0 Å². The van der Waals surface area contributed by atoms with Crippen LogP contribution in [-0.2, 0) is 4.74 Å². The smallest absolute Gasteiger partial charge is 0.287 e. The Morgan fingerprint density at radius 3 is 3.05 bits per heavy atom. The van der Waals surface area contributed by atoms with E-state index in [1.807, 2.05) is 0 Å². The number of hydrogen-bond acceptors (Lipinski definition) is 7. The van der Waals surface area contributed by atoms with E-state index in [1.165, 1.54) is 10.7 Å². The van der Waals surface area contributed by atoms with Gasteiger partial charge in [0.1, 0.15) is 12.3 Å². The summed E-state index contributed by atoms with van der Waals surface area (Å²) in [6.07, 6.45) is 2.92. The predicted octanol–water partition coefficient (Wildman–Crippen LogP) is -0.920. The van der Waals surface area contributed by atoms with Crippen molar-refractivity contribution in [2.24, 2.45) is 0 Å². The minimum absolute atomic E-state index is 0.205. The summed E-state index contributed by atoms with van der Waals surface area (Å²) in [6.45, 7) is -0.273. The fourth-order valence-electron chi connectivity index (χ4n) is 2.69. The number of aliphatic hydroxyl groups is 2. The molecule has 1 fully saturated rings. The molecule has 0 saturated carbocycles. The highest BCUT2D eigenvalue weighted by Gasteiger charge is 2.35. The second-order valence-electron chi connectivity index (χ2n) is 5.15. The molecule has 1 saturated heterocycles. The molecule has 4 heterocycles. The van der Waals surface area contributed by atoms with Gasteiger partial charge in [0, 0.05) is 18.8 Å². The minimum atomic E-state index is -0.771. The second-order valence-corrected chi connectivity index (χ2v) is 5.15. The van der Waals surface area contributed by atoms with Crippen LogP contribution in [0.2, 0.25) is 0 Å². The number of fused-ring (bicyclic) bond motifs is 2. The van der Waals surface area contributed by atoms with Crippen molar-refractivity contribution in [2.75, 3.05) is 6.61 Å². The van der Waals surface area contributed by atoms with Gasteiger partial charge in [0.15, 0.2) is 11.2 Å². The number of rotatable bonds is 2. The summed E-state index contributed by atoms with van der Waals surface area (Å²) in [4.78, 5) is 24.9. The molecule has 1 aliphatic heterocycles. The molecule has 114 valence electrons. The first kappa shape index (κ1) is 13.3. The lowest BCUT2D eigenvalue weighted by atomic mass is 10.2. The van der Waals surface area contributed by atoms with Gasteiger partial charge in [-0.05, 0) is 6.07 Å². The van der Waals surface area contributed by atoms with Crippen LogP contribution in [0.15, 0.2) is 29.6 Å². The number of imidazole rings is 1. The summed E-state index contributed by atoms with van der Waals surface area (Å²) >= 11 is 0. The molecule has 0 amide bonds. The average molecular weight is 303 g/mol. The zero-order chi connectivity index (χ0) is 15.3. The predicted molar refractivity (Wildman–Crippen MR) is 74.2 cm³/mol. The molecule has 3 atom stereocenters. The summed E-state index contributed by atoms with van der Waals surface area (Å²) in [6, 6.07) is 1.64. The van der Waals surface area contributed by atoms with Gasteiger partial charge in [-0.2, -0.15) is 4.98 Å². The molecule has 3 aromatic heterocycles. The zero-order valence-electron chi connectivity index (χ0n) is 11.4. The lowest BCUT2D eigenvalue weighted by Gasteiger charge is -2.13. The van der Waals surface area contributed by atoms with E-state index in [2.05, 4.69) is 15.0 Å². The Kier molecular flexibility index (Phi) is 2.93. The van der Waals surface area contributed by atoms with Crippen molar-refractivity contribution < 1.29 is 14.9 Å². The monoisotopic (exact) mass is 303 g/mol. The molecule has 0 aliphatic carbocycles. The van der Waals surface area contributed by atoms with Crippen LogP contribution >= 0.6 is 0 Å². The third-order valence-corrected chi connectivity index (χ3v) is 3.82. The molecule has 0 bridgehead atoms. The topological polar surface area (TPSA) is 115 Å². The van der Waals surface area contributed by atoms with Crippen LogP contribution in [0, 0.1) is 0 Å². The van der Waals surface area contributed by atoms with E-state index in [1.54, 1.807) is 23.0 Å². The molecule has 3 aromatic rings. The molecule has 0 unspecified atom stereocenters. The fourth-order valence-corrected chi connectivity index (χ4v) is 2.69. The SMILES string of the molecule is O=c1c2ncn([C@H]3C[C@@H](O)[C@@H](CO)O3)c2nc2ncccn12. The maximum atomic E-state index is 12.4. The summed E-state index contributed by atoms with van der Waals surface area (Å²) in [7, 11) is 0. The van der Waals surface area contributed by atoms with Crippen LogP contribution in [0.1, 0.15) is 12.6 Å². The number of ether oxygens (including phenoxy) is 1. The first-order chi connectivity index (χ1) is 10.7.